The van der Waals surface area contributed by atoms with Crippen molar-refractivity contribution in [3.05, 3.63) is 0 Å². The van der Waals surface area contributed by atoms with Crippen molar-refractivity contribution in [3.63, 3.8) is 0 Å². The van der Waals surface area contributed by atoms with Gasteiger partial charge >= 0.3 is 0 Å². The van der Waals surface area contributed by atoms with E-state index in [0.29, 0.717) is 5.41 Å². The summed E-state index contributed by atoms with van der Waals surface area (Å²) in [5.41, 5.74) is 0.651. The Morgan fingerprint density at radius 2 is 2.00 bits per heavy atom. The standard InChI is InChI=1S/C10H19NO/c1-10(4-5-10)8-11-9-2-6-12-7-3-9/h9,11H,2-8H2,1H3. The maximum absolute atomic E-state index is 5.31. The van der Waals surface area contributed by atoms with Gasteiger partial charge in [0.25, 0.3) is 0 Å². The molecule has 0 atom stereocenters. The van der Waals surface area contributed by atoms with Crippen LogP contribution < -0.4 is 5.32 Å². The average Bonchev–Trinajstić information content (AvgIpc) is 2.84. The SMILES string of the molecule is CC1(CNC2CCOCC2)CC1. The van der Waals surface area contributed by atoms with Gasteiger partial charge in [0.05, 0.1) is 0 Å². The first-order valence-electron chi connectivity index (χ1n) is 5.10. The summed E-state index contributed by atoms with van der Waals surface area (Å²) in [4.78, 5) is 0. The van der Waals surface area contributed by atoms with Crippen LogP contribution in [0.15, 0.2) is 0 Å². The highest BCUT2D eigenvalue weighted by atomic mass is 16.5. The predicted octanol–water partition coefficient (Wildman–Crippen LogP) is 1.56. The fraction of sp³-hybridized carbons (Fsp3) is 1.00. The van der Waals surface area contributed by atoms with Gasteiger partial charge in [0.15, 0.2) is 0 Å². The molecule has 0 aromatic heterocycles. The van der Waals surface area contributed by atoms with Crippen LogP contribution in [0.25, 0.3) is 0 Å². The lowest BCUT2D eigenvalue weighted by Crippen LogP contribution is -2.37. The Morgan fingerprint density at radius 3 is 2.58 bits per heavy atom. The number of rotatable bonds is 3. The predicted molar refractivity (Wildman–Crippen MR) is 49.2 cm³/mol. The van der Waals surface area contributed by atoms with Crippen LogP contribution >= 0.6 is 0 Å². The van der Waals surface area contributed by atoms with Crippen molar-refractivity contribution in [2.75, 3.05) is 19.8 Å². The first-order valence-corrected chi connectivity index (χ1v) is 5.10. The molecule has 1 saturated carbocycles. The van der Waals surface area contributed by atoms with E-state index in [1.807, 2.05) is 0 Å². The quantitative estimate of drug-likeness (QED) is 0.692. The summed E-state index contributed by atoms with van der Waals surface area (Å²) in [6.45, 7) is 5.50. The van der Waals surface area contributed by atoms with E-state index in [0.717, 1.165) is 19.3 Å². The zero-order valence-corrected chi connectivity index (χ0v) is 7.94. The molecule has 1 heterocycles. The molecule has 2 rings (SSSR count). The van der Waals surface area contributed by atoms with Gasteiger partial charge in [-0.15, -0.1) is 0 Å². The van der Waals surface area contributed by atoms with Crippen molar-refractivity contribution in [2.24, 2.45) is 5.41 Å². The van der Waals surface area contributed by atoms with Crippen LogP contribution in [0.3, 0.4) is 0 Å². The van der Waals surface area contributed by atoms with Crippen LogP contribution in [0.1, 0.15) is 32.6 Å². The first kappa shape index (κ1) is 8.52. The van der Waals surface area contributed by atoms with Gasteiger partial charge in [-0.25, -0.2) is 0 Å². The molecule has 2 heteroatoms. The molecule has 0 aromatic rings. The van der Waals surface area contributed by atoms with Gasteiger partial charge in [0.1, 0.15) is 0 Å². The summed E-state index contributed by atoms with van der Waals surface area (Å²) in [6, 6.07) is 0.733. The second kappa shape index (κ2) is 3.35. The van der Waals surface area contributed by atoms with Crippen LogP contribution in [0, 0.1) is 5.41 Å². The zero-order valence-electron chi connectivity index (χ0n) is 7.94. The van der Waals surface area contributed by atoms with Crippen LogP contribution in [-0.4, -0.2) is 25.8 Å². The molecule has 2 aliphatic rings. The van der Waals surface area contributed by atoms with Gasteiger partial charge in [-0.1, -0.05) is 6.92 Å². The summed E-state index contributed by atoms with van der Waals surface area (Å²) >= 11 is 0. The number of nitrogens with one attached hydrogen (secondary N) is 1. The number of ether oxygens (including phenoxy) is 1. The largest absolute Gasteiger partial charge is 0.381 e. The minimum Gasteiger partial charge on any atom is -0.381 e. The van der Waals surface area contributed by atoms with Gasteiger partial charge in [-0.3, -0.25) is 0 Å². The summed E-state index contributed by atoms with van der Waals surface area (Å²) < 4.78 is 5.31. The smallest absolute Gasteiger partial charge is 0.0480 e. The Kier molecular flexibility index (Phi) is 2.37. The molecule has 2 nitrogen and oxygen atoms in total. The van der Waals surface area contributed by atoms with E-state index in [2.05, 4.69) is 12.2 Å². The van der Waals surface area contributed by atoms with Crippen LogP contribution in [0.2, 0.25) is 0 Å². The van der Waals surface area contributed by atoms with E-state index in [4.69, 9.17) is 4.74 Å². The maximum Gasteiger partial charge on any atom is 0.0480 e. The Hall–Kier alpha value is -0.0800. The van der Waals surface area contributed by atoms with E-state index in [-0.39, 0.29) is 0 Å². The lowest BCUT2D eigenvalue weighted by atomic mass is 10.1. The maximum atomic E-state index is 5.31. The molecular formula is C10H19NO. The molecule has 1 N–H and O–H groups in total. The summed E-state index contributed by atoms with van der Waals surface area (Å²) in [5, 5.41) is 3.64. The Labute approximate surface area is 74.7 Å². The third kappa shape index (κ3) is 2.20. The highest BCUT2D eigenvalue weighted by molar-refractivity contribution is 4.91. The Bertz CT molecular complexity index is 148. The van der Waals surface area contributed by atoms with E-state index >= 15 is 0 Å². The summed E-state index contributed by atoms with van der Waals surface area (Å²) in [7, 11) is 0. The molecule has 0 aromatic carbocycles. The van der Waals surface area contributed by atoms with Crippen molar-refractivity contribution >= 4 is 0 Å². The summed E-state index contributed by atoms with van der Waals surface area (Å²) in [5.74, 6) is 0. The third-order valence-electron chi connectivity index (χ3n) is 3.14. The van der Waals surface area contributed by atoms with Gasteiger partial charge in [-0.2, -0.15) is 0 Å². The van der Waals surface area contributed by atoms with E-state index in [1.54, 1.807) is 0 Å². The molecule has 0 unspecified atom stereocenters. The summed E-state index contributed by atoms with van der Waals surface area (Å²) in [6.07, 6.45) is 5.25. The van der Waals surface area contributed by atoms with Crippen molar-refractivity contribution in [1.82, 2.24) is 5.32 Å². The Balaban J connectivity index is 1.65. The van der Waals surface area contributed by atoms with Crippen LogP contribution in [0.5, 0.6) is 0 Å². The average molecular weight is 169 g/mol. The fourth-order valence-corrected chi connectivity index (χ4v) is 1.68. The van der Waals surface area contributed by atoms with E-state index in [9.17, 15) is 0 Å². The van der Waals surface area contributed by atoms with Gasteiger partial charge in [-0.05, 0) is 31.1 Å². The molecule has 1 aliphatic carbocycles. The molecule has 12 heavy (non-hydrogen) atoms. The molecular weight excluding hydrogens is 150 g/mol. The third-order valence-corrected chi connectivity index (χ3v) is 3.14. The van der Waals surface area contributed by atoms with E-state index in [1.165, 1.54) is 32.2 Å². The molecule has 2 fully saturated rings. The van der Waals surface area contributed by atoms with Gasteiger partial charge in [0, 0.05) is 25.8 Å². The first-order chi connectivity index (χ1) is 5.79. The molecule has 0 amide bonds. The van der Waals surface area contributed by atoms with Crippen molar-refractivity contribution < 1.29 is 4.74 Å². The molecule has 0 radical (unpaired) electrons. The van der Waals surface area contributed by atoms with Crippen molar-refractivity contribution in [3.8, 4) is 0 Å². The highest BCUT2D eigenvalue weighted by Gasteiger charge is 2.37. The zero-order chi connectivity index (χ0) is 8.44. The van der Waals surface area contributed by atoms with E-state index < -0.39 is 0 Å². The molecule has 1 saturated heterocycles. The molecule has 0 spiro atoms. The minimum absolute atomic E-state index is 0.651. The highest BCUT2D eigenvalue weighted by Crippen LogP contribution is 2.44. The normalized spacial score (nSPS) is 28.8. The fourth-order valence-electron chi connectivity index (χ4n) is 1.68. The van der Waals surface area contributed by atoms with Crippen LogP contribution in [-0.2, 0) is 4.74 Å². The number of hydrogen-bond acceptors (Lipinski definition) is 2. The monoisotopic (exact) mass is 169 g/mol. The topological polar surface area (TPSA) is 21.3 Å². The van der Waals surface area contributed by atoms with Crippen molar-refractivity contribution in [1.29, 1.82) is 0 Å². The second-order valence-corrected chi connectivity index (χ2v) is 4.58. The number of hydrogen-bond donors (Lipinski definition) is 1. The lowest BCUT2D eigenvalue weighted by molar-refractivity contribution is 0.0768. The Morgan fingerprint density at radius 1 is 1.33 bits per heavy atom. The van der Waals surface area contributed by atoms with Gasteiger partial charge < -0.3 is 10.1 Å². The lowest BCUT2D eigenvalue weighted by Gasteiger charge is -2.24. The molecule has 0 bridgehead atoms. The molecule has 1 aliphatic heterocycles. The minimum atomic E-state index is 0.651. The van der Waals surface area contributed by atoms with Crippen LogP contribution in [0.4, 0.5) is 0 Å². The second-order valence-electron chi connectivity index (χ2n) is 4.58. The molecule has 70 valence electrons. The van der Waals surface area contributed by atoms with Crippen molar-refractivity contribution in [2.45, 2.75) is 38.6 Å². The van der Waals surface area contributed by atoms with Gasteiger partial charge in [0.2, 0.25) is 0 Å².